The molecular weight excluding hydrogens is 379 g/mol. The molecule has 118 valence electrons. The van der Waals surface area contributed by atoms with Gasteiger partial charge >= 0.3 is 0 Å². The monoisotopic (exact) mass is 396 g/mol. The van der Waals surface area contributed by atoms with Crippen LogP contribution in [0.3, 0.4) is 0 Å². The molecule has 1 aromatic rings. The normalized spacial score (nSPS) is 21.0. The average Bonchev–Trinajstić information content (AvgIpc) is 2.81. The quantitative estimate of drug-likeness (QED) is 0.849. The zero-order valence-electron chi connectivity index (χ0n) is 11.8. The Morgan fingerprint density at radius 1 is 1.57 bits per heavy atom. The molecule has 1 aromatic carbocycles. The molecule has 2 rings (SSSR count). The lowest BCUT2D eigenvalue weighted by molar-refractivity contribution is -0.132. The molecule has 1 amide bonds. The van der Waals surface area contributed by atoms with Gasteiger partial charge in [-0.25, -0.2) is 0 Å². The summed E-state index contributed by atoms with van der Waals surface area (Å²) in [6, 6.07) is 5.31. The summed E-state index contributed by atoms with van der Waals surface area (Å²) in [5.74, 6) is 0.491. The molecule has 0 radical (unpaired) electrons. The highest BCUT2D eigenvalue weighted by Gasteiger charge is 2.34. The number of hydrogen-bond acceptors (Lipinski definition) is 3. The average molecular weight is 398 g/mol. The van der Waals surface area contributed by atoms with Crippen molar-refractivity contribution in [2.75, 3.05) is 26.2 Å². The second kappa shape index (κ2) is 7.68. The summed E-state index contributed by atoms with van der Waals surface area (Å²) in [4.78, 5) is 13.9. The van der Waals surface area contributed by atoms with Crippen molar-refractivity contribution >= 4 is 45.8 Å². The number of amides is 1. The van der Waals surface area contributed by atoms with Gasteiger partial charge in [-0.2, -0.15) is 0 Å². The lowest BCUT2D eigenvalue weighted by atomic mass is 9.90. The summed E-state index contributed by atoms with van der Waals surface area (Å²) in [6.07, 6.45) is 0.939. The molecule has 1 aliphatic heterocycles. The van der Waals surface area contributed by atoms with Crippen LogP contribution in [0.15, 0.2) is 22.7 Å². The molecule has 1 heterocycles. The number of rotatable bonds is 4. The van der Waals surface area contributed by atoms with Crippen LogP contribution in [-0.2, 0) is 4.79 Å². The van der Waals surface area contributed by atoms with E-state index in [1.807, 2.05) is 6.07 Å². The predicted molar refractivity (Wildman–Crippen MR) is 90.3 cm³/mol. The number of nitrogens with zero attached hydrogens (tertiary/aromatic N) is 1. The molecule has 0 bridgehead atoms. The Balaban J connectivity index is 0.00000220. The van der Waals surface area contributed by atoms with Gasteiger partial charge < -0.3 is 15.4 Å². The molecule has 0 aliphatic carbocycles. The van der Waals surface area contributed by atoms with Crippen molar-refractivity contribution in [2.24, 2.45) is 11.1 Å². The van der Waals surface area contributed by atoms with Crippen molar-refractivity contribution < 1.29 is 9.53 Å². The minimum atomic E-state index is -0.0267. The van der Waals surface area contributed by atoms with E-state index in [9.17, 15) is 4.79 Å². The van der Waals surface area contributed by atoms with Gasteiger partial charge in [0.15, 0.2) is 6.61 Å². The van der Waals surface area contributed by atoms with E-state index in [0.717, 1.165) is 17.4 Å². The molecule has 7 heteroatoms. The maximum atomic E-state index is 12.1. The van der Waals surface area contributed by atoms with Crippen molar-refractivity contribution in [3.8, 4) is 5.75 Å². The van der Waals surface area contributed by atoms with Crippen molar-refractivity contribution in [3.63, 3.8) is 0 Å². The molecule has 1 atom stereocenters. The van der Waals surface area contributed by atoms with Crippen LogP contribution in [0.25, 0.3) is 0 Å². The largest absolute Gasteiger partial charge is 0.482 e. The minimum absolute atomic E-state index is 0. The molecule has 21 heavy (non-hydrogen) atoms. The maximum absolute atomic E-state index is 12.1. The van der Waals surface area contributed by atoms with Crippen molar-refractivity contribution in [2.45, 2.75) is 13.3 Å². The molecule has 1 saturated heterocycles. The van der Waals surface area contributed by atoms with Gasteiger partial charge in [0.25, 0.3) is 5.91 Å². The standard InChI is InChI=1S/C14H18BrClN2O2.ClH/c1-14(8-17)4-5-18(9-14)13(19)7-20-12-3-2-10(15)6-11(12)16;/h2-3,6H,4-5,7-9,17H2,1H3;1H. The number of halogens is 3. The summed E-state index contributed by atoms with van der Waals surface area (Å²) < 4.78 is 6.37. The molecular formula is C14H19BrCl2N2O2. The second-order valence-corrected chi connectivity index (χ2v) is 6.77. The minimum Gasteiger partial charge on any atom is -0.482 e. The van der Waals surface area contributed by atoms with Gasteiger partial charge in [-0.1, -0.05) is 34.5 Å². The first-order valence-corrected chi connectivity index (χ1v) is 7.66. The first-order chi connectivity index (χ1) is 9.43. The van der Waals surface area contributed by atoms with Gasteiger partial charge in [-0.3, -0.25) is 4.79 Å². The molecule has 2 N–H and O–H groups in total. The predicted octanol–water partition coefficient (Wildman–Crippen LogP) is 3.10. The van der Waals surface area contributed by atoms with Crippen LogP contribution in [0.1, 0.15) is 13.3 Å². The highest BCUT2D eigenvalue weighted by Crippen LogP contribution is 2.30. The van der Waals surface area contributed by atoms with E-state index in [1.165, 1.54) is 0 Å². The van der Waals surface area contributed by atoms with E-state index >= 15 is 0 Å². The highest BCUT2D eigenvalue weighted by molar-refractivity contribution is 9.10. The van der Waals surface area contributed by atoms with E-state index in [2.05, 4.69) is 22.9 Å². The van der Waals surface area contributed by atoms with Gasteiger partial charge in [0, 0.05) is 17.6 Å². The van der Waals surface area contributed by atoms with E-state index in [4.69, 9.17) is 22.1 Å². The Kier molecular flexibility index (Phi) is 6.78. The number of nitrogens with two attached hydrogens (primary N) is 1. The van der Waals surface area contributed by atoms with E-state index in [1.54, 1.807) is 17.0 Å². The molecule has 1 fully saturated rings. The molecule has 1 unspecified atom stereocenters. The van der Waals surface area contributed by atoms with E-state index in [-0.39, 0.29) is 30.3 Å². The fourth-order valence-corrected chi connectivity index (χ4v) is 2.95. The summed E-state index contributed by atoms with van der Waals surface area (Å²) in [5, 5.41) is 0.486. The molecule has 0 saturated carbocycles. The number of carbonyl (C=O) groups excluding carboxylic acids is 1. The van der Waals surface area contributed by atoms with Crippen molar-refractivity contribution in [1.82, 2.24) is 4.90 Å². The van der Waals surface area contributed by atoms with Crippen LogP contribution >= 0.6 is 39.9 Å². The number of benzene rings is 1. The van der Waals surface area contributed by atoms with Crippen LogP contribution in [0, 0.1) is 5.41 Å². The number of carbonyl (C=O) groups is 1. The van der Waals surface area contributed by atoms with Gasteiger partial charge in [0.2, 0.25) is 0 Å². The van der Waals surface area contributed by atoms with Gasteiger partial charge in [0.1, 0.15) is 5.75 Å². The van der Waals surface area contributed by atoms with Crippen LogP contribution in [-0.4, -0.2) is 37.0 Å². The highest BCUT2D eigenvalue weighted by atomic mass is 79.9. The molecule has 4 nitrogen and oxygen atoms in total. The van der Waals surface area contributed by atoms with Crippen LogP contribution in [0.4, 0.5) is 0 Å². The Hall–Kier alpha value is -0.490. The maximum Gasteiger partial charge on any atom is 0.260 e. The fraction of sp³-hybridized carbons (Fsp3) is 0.500. The number of ether oxygens (including phenoxy) is 1. The second-order valence-electron chi connectivity index (χ2n) is 5.44. The van der Waals surface area contributed by atoms with Crippen molar-refractivity contribution in [3.05, 3.63) is 27.7 Å². The zero-order valence-corrected chi connectivity index (χ0v) is 14.9. The molecule has 0 aromatic heterocycles. The Labute approximate surface area is 144 Å². The van der Waals surface area contributed by atoms with Gasteiger partial charge in [-0.05, 0) is 36.6 Å². The SMILES string of the molecule is CC1(CN)CCN(C(=O)COc2ccc(Br)cc2Cl)C1.Cl. The third kappa shape index (κ3) is 4.74. The number of hydrogen-bond donors (Lipinski definition) is 1. The molecule has 0 spiro atoms. The van der Waals surface area contributed by atoms with Crippen LogP contribution in [0.5, 0.6) is 5.75 Å². The summed E-state index contributed by atoms with van der Waals surface area (Å²) in [5.41, 5.74) is 5.77. The Bertz CT molecular complexity index is 516. The fourth-order valence-electron chi connectivity index (χ4n) is 2.23. The third-order valence-electron chi connectivity index (χ3n) is 3.65. The first-order valence-electron chi connectivity index (χ1n) is 6.49. The summed E-state index contributed by atoms with van der Waals surface area (Å²) in [7, 11) is 0. The lowest BCUT2D eigenvalue weighted by Crippen LogP contribution is -2.36. The Morgan fingerprint density at radius 3 is 2.86 bits per heavy atom. The van der Waals surface area contributed by atoms with Crippen LogP contribution < -0.4 is 10.5 Å². The lowest BCUT2D eigenvalue weighted by Gasteiger charge is -2.22. The first kappa shape index (κ1) is 18.6. The third-order valence-corrected chi connectivity index (χ3v) is 4.44. The Morgan fingerprint density at radius 2 is 2.29 bits per heavy atom. The number of likely N-dealkylation sites (tertiary alicyclic amines) is 1. The van der Waals surface area contributed by atoms with Gasteiger partial charge in [-0.15, -0.1) is 12.4 Å². The summed E-state index contributed by atoms with van der Waals surface area (Å²) >= 11 is 9.37. The summed E-state index contributed by atoms with van der Waals surface area (Å²) in [6.45, 7) is 4.13. The van der Waals surface area contributed by atoms with Crippen LogP contribution in [0.2, 0.25) is 5.02 Å². The molecule has 1 aliphatic rings. The van der Waals surface area contributed by atoms with Crippen molar-refractivity contribution in [1.29, 1.82) is 0 Å². The zero-order chi connectivity index (χ0) is 14.8. The van der Waals surface area contributed by atoms with Gasteiger partial charge in [0.05, 0.1) is 5.02 Å². The van der Waals surface area contributed by atoms with E-state index in [0.29, 0.717) is 23.9 Å². The van der Waals surface area contributed by atoms with E-state index < -0.39 is 0 Å². The topological polar surface area (TPSA) is 55.6 Å². The smallest absolute Gasteiger partial charge is 0.260 e.